The van der Waals surface area contributed by atoms with Crippen molar-refractivity contribution in [1.82, 2.24) is 15.1 Å². The summed E-state index contributed by atoms with van der Waals surface area (Å²) in [6.07, 6.45) is 2.47. The quantitative estimate of drug-likeness (QED) is 0.763. The summed E-state index contributed by atoms with van der Waals surface area (Å²) < 4.78 is 5.62. The fourth-order valence-corrected chi connectivity index (χ4v) is 3.09. The maximum Gasteiger partial charge on any atom is 0.0521 e. The van der Waals surface area contributed by atoms with Gasteiger partial charge in [-0.25, -0.2) is 0 Å². The summed E-state index contributed by atoms with van der Waals surface area (Å²) >= 11 is 0. The molecule has 0 saturated carbocycles. The van der Waals surface area contributed by atoms with Crippen molar-refractivity contribution in [2.24, 2.45) is 5.92 Å². The molecule has 2 aliphatic heterocycles. The molecule has 0 aromatic heterocycles. The summed E-state index contributed by atoms with van der Waals surface area (Å²) in [6, 6.07) is 1.38. The van der Waals surface area contributed by atoms with Gasteiger partial charge in [0.15, 0.2) is 0 Å². The minimum Gasteiger partial charge on any atom is -0.381 e. The Morgan fingerprint density at radius 3 is 2.82 bits per heavy atom. The van der Waals surface area contributed by atoms with Gasteiger partial charge in [-0.1, -0.05) is 0 Å². The maximum absolute atomic E-state index is 5.62. The summed E-state index contributed by atoms with van der Waals surface area (Å²) in [4.78, 5) is 4.96. The van der Waals surface area contributed by atoms with E-state index in [1.165, 1.54) is 26.1 Å². The van der Waals surface area contributed by atoms with Crippen LogP contribution in [0.25, 0.3) is 0 Å². The molecule has 2 aliphatic rings. The van der Waals surface area contributed by atoms with Crippen molar-refractivity contribution in [3.05, 3.63) is 0 Å². The molecule has 0 spiro atoms. The van der Waals surface area contributed by atoms with E-state index in [9.17, 15) is 0 Å². The van der Waals surface area contributed by atoms with E-state index in [1.807, 2.05) is 0 Å². The van der Waals surface area contributed by atoms with Crippen LogP contribution in [0.2, 0.25) is 0 Å². The van der Waals surface area contributed by atoms with E-state index in [0.717, 1.165) is 25.7 Å². The normalized spacial score (nSPS) is 35.6. The first-order chi connectivity index (χ1) is 8.20. The SMILES string of the molecule is CNC1CCOCC1CN1CCC(N(C)C)C1. The molecule has 0 radical (unpaired) electrons. The number of nitrogens with one attached hydrogen (secondary N) is 1. The third kappa shape index (κ3) is 3.41. The molecule has 0 aliphatic carbocycles. The molecule has 4 nitrogen and oxygen atoms in total. The van der Waals surface area contributed by atoms with Crippen molar-refractivity contribution in [1.29, 1.82) is 0 Å². The summed E-state index contributed by atoms with van der Waals surface area (Å²) in [5.74, 6) is 0.662. The third-order valence-corrected chi connectivity index (χ3v) is 4.32. The fourth-order valence-electron chi connectivity index (χ4n) is 3.09. The molecule has 2 fully saturated rings. The molecule has 0 amide bonds. The molecule has 17 heavy (non-hydrogen) atoms. The first-order valence-electron chi connectivity index (χ1n) is 6.84. The topological polar surface area (TPSA) is 27.7 Å². The van der Waals surface area contributed by atoms with Gasteiger partial charge in [-0.15, -0.1) is 0 Å². The van der Waals surface area contributed by atoms with Crippen LogP contribution in [0.15, 0.2) is 0 Å². The number of rotatable bonds is 4. The largest absolute Gasteiger partial charge is 0.381 e. The van der Waals surface area contributed by atoms with Crippen molar-refractivity contribution in [2.45, 2.75) is 24.9 Å². The standard InChI is InChI=1S/C13H27N3O/c1-14-13-5-7-17-10-11(13)8-16-6-4-12(9-16)15(2)3/h11-14H,4-10H2,1-3H3. The predicted octanol–water partition coefficient (Wildman–Crippen LogP) is 0.247. The molecule has 1 N–H and O–H groups in total. The van der Waals surface area contributed by atoms with Crippen molar-refractivity contribution >= 4 is 0 Å². The average molecular weight is 241 g/mol. The number of nitrogens with zero attached hydrogens (tertiary/aromatic N) is 2. The van der Waals surface area contributed by atoms with E-state index in [4.69, 9.17) is 4.74 Å². The summed E-state index contributed by atoms with van der Waals surface area (Å²) in [5.41, 5.74) is 0. The van der Waals surface area contributed by atoms with Crippen molar-refractivity contribution in [3.63, 3.8) is 0 Å². The van der Waals surface area contributed by atoms with Crippen LogP contribution in [0.3, 0.4) is 0 Å². The predicted molar refractivity (Wildman–Crippen MR) is 70.3 cm³/mol. The molecule has 3 atom stereocenters. The molecule has 0 bridgehead atoms. The van der Waals surface area contributed by atoms with Gasteiger partial charge in [0.05, 0.1) is 6.61 Å². The number of ether oxygens (including phenoxy) is 1. The Labute approximate surface area is 105 Å². The van der Waals surface area contributed by atoms with Crippen molar-refractivity contribution in [2.75, 3.05) is 54.0 Å². The highest BCUT2D eigenvalue weighted by atomic mass is 16.5. The van der Waals surface area contributed by atoms with Gasteiger partial charge in [0.25, 0.3) is 0 Å². The lowest BCUT2D eigenvalue weighted by Crippen LogP contribution is -2.46. The van der Waals surface area contributed by atoms with Crippen molar-refractivity contribution in [3.8, 4) is 0 Å². The zero-order valence-electron chi connectivity index (χ0n) is 11.5. The molecule has 2 saturated heterocycles. The van der Waals surface area contributed by atoms with Gasteiger partial charge in [0.2, 0.25) is 0 Å². The lowest BCUT2D eigenvalue weighted by Gasteiger charge is -2.34. The molecule has 0 aromatic rings. The second-order valence-corrected chi connectivity index (χ2v) is 5.68. The zero-order valence-corrected chi connectivity index (χ0v) is 11.5. The van der Waals surface area contributed by atoms with E-state index in [0.29, 0.717) is 12.0 Å². The Kier molecular flexibility index (Phi) is 4.79. The van der Waals surface area contributed by atoms with Crippen LogP contribution >= 0.6 is 0 Å². The minimum atomic E-state index is 0.641. The van der Waals surface area contributed by atoms with Gasteiger partial charge in [0, 0.05) is 37.7 Å². The Balaban J connectivity index is 1.80. The van der Waals surface area contributed by atoms with E-state index in [-0.39, 0.29) is 0 Å². The number of likely N-dealkylation sites (N-methyl/N-ethyl adjacent to an activating group) is 1. The van der Waals surface area contributed by atoms with Crippen molar-refractivity contribution < 1.29 is 4.74 Å². The van der Waals surface area contributed by atoms with Gasteiger partial charge in [-0.05, 0) is 40.5 Å². The molecule has 0 aromatic carbocycles. The van der Waals surface area contributed by atoms with Gasteiger partial charge in [0.1, 0.15) is 0 Å². The van der Waals surface area contributed by atoms with Gasteiger partial charge in [-0.2, -0.15) is 0 Å². The zero-order chi connectivity index (χ0) is 12.3. The average Bonchev–Trinajstić information content (AvgIpc) is 2.78. The number of likely N-dealkylation sites (tertiary alicyclic amines) is 1. The highest BCUT2D eigenvalue weighted by Crippen LogP contribution is 2.20. The Morgan fingerprint density at radius 1 is 1.35 bits per heavy atom. The Bertz CT molecular complexity index is 235. The van der Waals surface area contributed by atoms with E-state index >= 15 is 0 Å². The minimum absolute atomic E-state index is 0.641. The second kappa shape index (κ2) is 6.14. The van der Waals surface area contributed by atoms with E-state index in [1.54, 1.807) is 0 Å². The van der Waals surface area contributed by atoms with Gasteiger partial charge >= 0.3 is 0 Å². The first kappa shape index (κ1) is 13.3. The van der Waals surface area contributed by atoms with Crippen LogP contribution in [-0.4, -0.2) is 75.9 Å². The molecule has 2 heterocycles. The van der Waals surface area contributed by atoms with Crippen LogP contribution in [0.1, 0.15) is 12.8 Å². The smallest absolute Gasteiger partial charge is 0.0521 e. The lowest BCUT2D eigenvalue weighted by atomic mass is 9.95. The molecule has 100 valence electrons. The van der Waals surface area contributed by atoms with Gasteiger partial charge in [-0.3, -0.25) is 0 Å². The molecule has 2 rings (SSSR count). The third-order valence-electron chi connectivity index (χ3n) is 4.32. The summed E-state index contributed by atoms with van der Waals surface area (Å²) in [6.45, 7) is 5.50. The monoisotopic (exact) mass is 241 g/mol. The first-order valence-corrected chi connectivity index (χ1v) is 6.84. The Hall–Kier alpha value is -0.160. The highest BCUT2D eigenvalue weighted by molar-refractivity contribution is 4.86. The molecule has 4 heteroatoms. The van der Waals surface area contributed by atoms with Crippen LogP contribution in [-0.2, 0) is 4.74 Å². The maximum atomic E-state index is 5.62. The highest BCUT2D eigenvalue weighted by Gasteiger charge is 2.30. The van der Waals surface area contributed by atoms with E-state index < -0.39 is 0 Å². The van der Waals surface area contributed by atoms with E-state index in [2.05, 4.69) is 36.3 Å². The second-order valence-electron chi connectivity index (χ2n) is 5.68. The van der Waals surface area contributed by atoms with Gasteiger partial charge < -0.3 is 19.9 Å². The fraction of sp³-hybridized carbons (Fsp3) is 1.00. The van der Waals surface area contributed by atoms with Crippen LogP contribution in [0.5, 0.6) is 0 Å². The molecule has 3 unspecified atom stereocenters. The lowest BCUT2D eigenvalue weighted by molar-refractivity contribution is 0.0208. The number of hydrogen-bond acceptors (Lipinski definition) is 4. The van der Waals surface area contributed by atoms with Crippen LogP contribution < -0.4 is 5.32 Å². The van der Waals surface area contributed by atoms with Crippen LogP contribution in [0, 0.1) is 5.92 Å². The molecular formula is C13H27N3O. The molecular weight excluding hydrogens is 214 g/mol. The summed E-state index contributed by atoms with van der Waals surface area (Å²) in [5, 5.41) is 3.44. The number of hydrogen-bond donors (Lipinski definition) is 1. The van der Waals surface area contributed by atoms with Crippen LogP contribution in [0.4, 0.5) is 0 Å². The summed E-state index contributed by atoms with van der Waals surface area (Å²) in [7, 11) is 6.46. The Morgan fingerprint density at radius 2 is 2.18 bits per heavy atom.